The third-order valence-corrected chi connectivity index (χ3v) is 4.66. The molecule has 0 atom stereocenters. The van der Waals surface area contributed by atoms with Crippen LogP contribution in [0.1, 0.15) is 12.0 Å². The summed E-state index contributed by atoms with van der Waals surface area (Å²) in [6.45, 7) is 1.69. The fraction of sp³-hybridized carbons (Fsp3) is 0.188. The molecule has 0 aliphatic heterocycles. The minimum absolute atomic E-state index is 0.0955. The van der Waals surface area contributed by atoms with Gasteiger partial charge in [-0.3, -0.25) is 4.79 Å². The molecule has 0 spiro atoms. The lowest BCUT2D eigenvalue weighted by Gasteiger charge is -2.08. The van der Waals surface area contributed by atoms with Gasteiger partial charge in [0.1, 0.15) is 11.6 Å². The molecule has 2 aromatic rings. The van der Waals surface area contributed by atoms with Crippen LogP contribution in [0.25, 0.3) is 0 Å². The molecule has 0 aliphatic carbocycles. The Bertz CT molecular complexity index is 837. The first kappa shape index (κ1) is 18.0. The van der Waals surface area contributed by atoms with Crippen molar-refractivity contribution in [2.45, 2.75) is 18.2 Å². The quantitative estimate of drug-likeness (QED) is 0.837. The Kier molecular flexibility index (Phi) is 5.63. The number of hydrogen-bond donors (Lipinski definition) is 2. The lowest BCUT2D eigenvalue weighted by molar-refractivity contribution is -0.116. The van der Waals surface area contributed by atoms with Crippen molar-refractivity contribution in [2.24, 2.45) is 0 Å². The zero-order valence-electron chi connectivity index (χ0n) is 12.8. The minimum Gasteiger partial charge on any atom is -0.324 e. The van der Waals surface area contributed by atoms with Gasteiger partial charge >= 0.3 is 0 Å². The van der Waals surface area contributed by atoms with E-state index in [1.165, 1.54) is 12.1 Å². The zero-order valence-corrected chi connectivity index (χ0v) is 13.7. The summed E-state index contributed by atoms with van der Waals surface area (Å²) < 4.78 is 52.5. The molecule has 0 unspecified atom stereocenters. The molecule has 2 rings (SSSR count). The second-order valence-corrected chi connectivity index (χ2v) is 6.90. The summed E-state index contributed by atoms with van der Waals surface area (Å²) in [4.78, 5) is 11.8. The van der Waals surface area contributed by atoms with Crippen molar-refractivity contribution in [1.82, 2.24) is 4.72 Å². The van der Waals surface area contributed by atoms with Crippen LogP contribution in [0.4, 0.5) is 14.5 Å². The number of carbonyl (C=O) groups excluding carboxylic acids is 1. The van der Waals surface area contributed by atoms with E-state index in [4.69, 9.17) is 0 Å². The molecule has 0 saturated carbocycles. The summed E-state index contributed by atoms with van der Waals surface area (Å²) in [6.07, 6.45) is -0.193. The third kappa shape index (κ3) is 4.84. The van der Waals surface area contributed by atoms with E-state index in [0.717, 1.165) is 17.7 Å². The molecule has 0 aromatic heterocycles. The van der Waals surface area contributed by atoms with Crippen LogP contribution in [0, 0.1) is 18.6 Å². The Hall–Kier alpha value is -2.32. The van der Waals surface area contributed by atoms with Crippen LogP contribution in [-0.4, -0.2) is 20.9 Å². The number of aryl methyl sites for hydroxylation is 1. The Balaban J connectivity index is 1.89. The number of anilines is 1. The first-order valence-corrected chi connectivity index (χ1v) is 8.57. The average Bonchev–Trinajstić information content (AvgIpc) is 2.50. The molecule has 0 radical (unpaired) electrons. The van der Waals surface area contributed by atoms with E-state index < -0.39 is 27.6 Å². The van der Waals surface area contributed by atoms with Crippen LogP contribution in [-0.2, 0) is 14.8 Å². The SMILES string of the molecule is Cc1ccc(S(=O)(=O)NCCC(=O)Nc2ccc(F)cc2F)cc1. The number of halogens is 2. The molecule has 0 fully saturated rings. The molecule has 5 nitrogen and oxygen atoms in total. The van der Waals surface area contributed by atoms with Crippen molar-refractivity contribution in [3.63, 3.8) is 0 Å². The Morgan fingerprint density at radius 1 is 1.08 bits per heavy atom. The lowest BCUT2D eigenvalue weighted by Crippen LogP contribution is -2.28. The summed E-state index contributed by atoms with van der Waals surface area (Å²) in [7, 11) is -3.71. The Labute approximate surface area is 138 Å². The maximum Gasteiger partial charge on any atom is 0.240 e. The summed E-state index contributed by atoms with van der Waals surface area (Å²) >= 11 is 0. The monoisotopic (exact) mass is 354 g/mol. The van der Waals surface area contributed by atoms with E-state index >= 15 is 0 Å². The van der Waals surface area contributed by atoms with E-state index in [0.29, 0.717) is 6.07 Å². The standard InChI is InChI=1S/C16H16F2N2O3S/c1-11-2-5-13(6-3-11)24(22,23)19-9-8-16(21)20-15-7-4-12(17)10-14(15)18/h2-7,10,19H,8-9H2,1H3,(H,20,21). The number of carbonyl (C=O) groups is 1. The highest BCUT2D eigenvalue weighted by Crippen LogP contribution is 2.15. The van der Waals surface area contributed by atoms with Crippen LogP contribution < -0.4 is 10.0 Å². The molecule has 0 aliphatic rings. The van der Waals surface area contributed by atoms with E-state index in [1.54, 1.807) is 12.1 Å². The van der Waals surface area contributed by atoms with Crippen LogP contribution in [0.3, 0.4) is 0 Å². The maximum atomic E-state index is 13.4. The first-order valence-electron chi connectivity index (χ1n) is 7.09. The second kappa shape index (κ2) is 7.50. The second-order valence-electron chi connectivity index (χ2n) is 5.13. The fourth-order valence-electron chi connectivity index (χ4n) is 1.90. The molecule has 24 heavy (non-hydrogen) atoms. The molecule has 128 valence electrons. The fourth-order valence-corrected chi connectivity index (χ4v) is 2.94. The van der Waals surface area contributed by atoms with E-state index in [-0.39, 0.29) is 23.5 Å². The average molecular weight is 354 g/mol. The largest absolute Gasteiger partial charge is 0.324 e. The summed E-state index contributed by atoms with van der Waals surface area (Å²) in [5.74, 6) is -2.24. The van der Waals surface area contributed by atoms with Crippen molar-refractivity contribution in [2.75, 3.05) is 11.9 Å². The van der Waals surface area contributed by atoms with Gasteiger partial charge in [-0.25, -0.2) is 21.9 Å². The Morgan fingerprint density at radius 3 is 2.38 bits per heavy atom. The van der Waals surface area contributed by atoms with Crippen molar-refractivity contribution in [1.29, 1.82) is 0 Å². The molecule has 2 aromatic carbocycles. The Morgan fingerprint density at radius 2 is 1.75 bits per heavy atom. The van der Waals surface area contributed by atoms with Gasteiger partial charge in [-0.1, -0.05) is 17.7 Å². The number of benzene rings is 2. The van der Waals surface area contributed by atoms with Crippen molar-refractivity contribution in [3.05, 3.63) is 59.7 Å². The van der Waals surface area contributed by atoms with Crippen molar-refractivity contribution < 1.29 is 22.0 Å². The van der Waals surface area contributed by atoms with Crippen LogP contribution >= 0.6 is 0 Å². The van der Waals surface area contributed by atoms with Gasteiger partial charge in [-0.2, -0.15) is 0 Å². The third-order valence-electron chi connectivity index (χ3n) is 3.18. The summed E-state index contributed by atoms with van der Waals surface area (Å²) in [6, 6.07) is 9.02. The van der Waals surface area contributed by atoms with Gasteiger partial charge in [0.25, 0.3) is 0 Å². The van der Waals surface area contributed by atoms with Crippen molar-refractivity contribution in [3.8, 4) is 0 Å². The normalized spacial score (nSPS) is 11.3. The van der Waals surface area contributed by atoms with Gasteiger partial charge in [0.2, 0.25) is 15.9 Å². The highest BCUT2D eigenvalue weighted by atomic mass is 32.2. The van der Waals surface area contributed by atoms with E-state index in [9.17, 15) is 22.0 Å². The topological polar surface area (TPSA) is 75.3 Å². The first-order chi connectivity index (χ1) is 11.3. The number of rotatable bonds is 6. The van der Waals surface area contributed by atoms with Gasteiger partial charge in [0.05, 0.1) is 10.6 Å². The van der Waals surface area contributed by atoms with E-state index in [1.807, 2.05) is 6.92 Å². The lowest BCUT2D eigenvalue weighted by atomic mass is 10.2. The van der Waals surface area contributed by atoms with Gasteiger partial charge in [0.15, 0.2) is 0 Å². The van der Waals surface area contributed by atoms with Gasteiger partial charge in [0, 0.05) is 19.0 Å². The predicted molar refractivity (Wildman–Crippen MR) is 86.0 cm³/mol. The highest BCUT2D eigenvalue weighted by molar-refractivity contribution is 7.89. The number of hydrogen-bond acceptors (Lipinski definition) is 3. The number of amides is 1. The van der Waals surface area contributed by atoms with Gasteiger partial charge in [-0.15, -0.1) is 0 Å². The minimum atomic E-state index is -3.71. The van der Waals surface area contributed by atoms with Crippen LogP contribution in [0.2, 0.25) is 0 Å². The van der Waals surface area contributed by atoms with Gasteiger partial charge in [-0.05, 0) is 31.2 Å². The van der Waals surface area contributed by atoms with Crippen molar-refractivity contribution >= 4 is 21.6 Å². The van der Waals surface area contributed by atoms with Crippen LogP contribution in [0.5, 0.6) is 0 Å². The predicted octanol–water partition coefficient (Wildman–Crippen LogP) is 2.58. The number of nitrogens with one attached hydrogen (secondary N) is 2. The smallest absolute Gasteiger partial charge is 0.240 e. The molecule has 2 N–H and O–H groups in total. The molecule has 0 heterocycles. The maximum absolute atomic E-state index is 13.4. The molecular formula is C16H16F2N2O3S. The van der Waals surface area contributed by atoms with Gasteiger partial charge < -0.3 is 5.32 Å². The van der Waals surface area contributed by atoms with Crippen LogP contribution in [0.15, 0.2) is 47.4 Å². The highest BCUT2D eigenvalue weighted by Gasteiger charge is 2.14. The molecule has 0 bridgehead atoms. The molecule has 8 heteroatoms. The summed E-state index contributed by atoms with van der Waals surface area (Å²) in [5.41, 5.74) is 0.762. The number of sulfonamides is 1. The molecule has 0 saturated heterocycles. The summed E-state index contributed by atoms with van der Waals surface area (Å²) in [5, 5.41) is 2.26. The molecule has 1 amide bonds. The zero-order chi connectivity index (χ0) is 17.7. The molecular weight excluding hydrogens is 338 g/mol. The van der Waals surface area contributed by atoms with E-state index in [2.05, 4.69) is 10.0 Å².